The van der Waals surface area contributed by atoms with Crippen LogP contribution in [0, 0.1) is 11.6 Å². The van der Waals surface area contributed by atoms with Gasteiger partial charge in [-0.25, -0.2) is 13.8 Å². The molecule has 0 aliphatic heterocycles. The molecule has 0 radical (unpaired) electrons. The van der Waals surface area contributed by atoms with Crippen LogP contribution in [0.1, 0.15) is 10.4 Å². The second-order valence-electron chi connectivity index (χ2n) is 5.56. The molecule has 1 N–H and O–H groups in total. The normalized spacial score (nSPS) is 11.1. The highest BCUT2D eigenvalue weighted by Gasteiger charge is 2.31. The molecule has 1 heterocycles. The number of rotatable bonds is 5. The van der Waals surface area contributed by atoms with Crippen molar-refractivity contribution in [2.45, 2.75) is 6.36 Å². The lowest BCUT2D eigenvalue weighted by molar-refractivity contribution is -0.274. The molecule has 0 spiro atoms. The van der Waals surface area contributed by atoms with Gasteiger partial charge < -0.3 is 14.8 Å². The van der Waals surface area contributed by atoms with Gasteiger partial charge in [-0.05, 0) is 36.4 Å². The minimum absolute atomic E-state index is 0.0764. The molecular formula is C19H11F5N2O3. The van der Waals surface area contributed by atoms with Crippen LogP contribution in [-0.2, 0) is 0 Å². The molecule has 0 bridgehead atoms. The summed E-state index contributed by atoms with van der Waals surface area (Å²) in [6, 6.07) is 9.95. The van der Waals surface area contributed by atoms with Crippen LogP contribution < -0.4 is 14.8 Å². The molecule has 150 valence electrons. The van der Waals surface area contributed by atoms with E-state index in [2.05, 4.69) is 15.0 Å². The van der Waals surface area contributed by atoms with Gasteiger partial charge in [-0.1, -0.05) is 6.07 Å². The number of hydrogen-bond donors (Lipinski definition) is 1. The number of aromatic nitrogens is 1. The van der Waals surface area contributed by atoms with E-state index in [4.69, 9.17) is 4.74 Å². The van der Waals surface area contributed by atoms with Crippen LogP contribution in [0.15, 0.2) is 60.8 Å². The first-order valence-corrected chi connectivity index (χ1v) is 7.96. The van der Waals surface area contributed by atoms with Gasteiger partial charge in [-0.2, -0.15) is 0 Å². The molecule has 5 nitrogen and oxygen atoms in total. The molecule has 29 heavy (non-hydrogen) atoms. The Morgan fingerprint density at radius 2 is 1.72 bits per heavy atom. The minimum Gasteiger partial charge on any atom is -0.438 e. The summed E-state index contributed by atoms with van der Waals surface area (Å²) in [5, 5.41) is 2.25. The first-order valence-electron chi connectivity index (χ1n) is 7.96. The van der Waals surface area contributed by atoms with Gasteiger partial charge in [-0.3, -0.25) is 4.79 Å². The smallest absolute Gasteiger partial charge is 0.438 e. The lowest BCUT2D eigenvalue weighted by atomic mass is 10.2. The van der Waals surface area contributed by atoms with Crippen LogP contribution >= 0.6 is 0 Å². The Hall–Kier alpha value is -3.69. The molecule has 1 aromatic heterocycles. The SMILES string of the molecule is O=C(Nc1ccc(F)cc1F)c1cccnc1Oc1cccc(OC(F)(F)F)c1. The molecule has 0 fully saturated rings. The van der Waals surface area contributed by atoms with Gasteiger partial charge in [-0.15, -0.1) is 13.2 Å². The fourth-order valence-electron chi connectivity index (χ4n) is 2.27. The van der Waals surface area contributed by atoms with Crippen molar-refractivity contribution in [2.24, 2.45) is 0 Å². The molecule has 0 atom stereocenters. The first kappa shape index (κ1) is 20.1. The number of pyridine rings is 1. The lowest BCUT2D eigenvalue weighted by Crippen LogP contribution is -2.17. The summed E-state index contributed by atoms with van der Waals surface area (Å²) < 4.78 is 73.0. The zero-order chi connectivity index (χ0) is 21.0. The highest BCUT2D eigenvalue weighted by Crippen LogP contribution is 2.29. The maximum Gasteiger partial charge on any atom is 0.573 e. The van der Waals surface area contributed by atoms with E-state index in [0.717, 1.165) is 24.3 Å². The quantitative estimate of drug-likeness (QED) is 0.580. The Balaban J connectivity index is 1.82. The van der Waals surface area contributed by atoms with Gasteiger partial charge in [0.15, 0.2) is 0 Å². The summed E-state index contributed by atoms with van der Waals surface area (Å²) in [7, 11) is 0. The summed E-state index contributed by atoms with van der Waals surface area (Å²) in [5.41, 5.74) is -0.398. The average molecular weight is 410 g/mol. The minimum atomic E-state index is -4.88. The van der Waals surface area contributed by atoms with Crippen molar-refractivity contribution in [3.63, 3.8) is 0 Å². The Labute approximate surface area is 160 Å². The van der Waals surface area contributed by atoms with Crippen molar-refractivity contribution >= 4 is 11.6 Å². The van der Waals surface area contributed by atoms with Crippen LogP contribution in [-0.4, -0.2) is 17.3 Å². The summed E-state index contributed by atoms with van der Waals surface area (Å²) in [5.74, 6) is -3.45. The number of nitrogens with zero attached hydrogens (tertiary/aromatic N) is 1. The van der Waals surface area contributed by atoms with Gasteiger partial charge in [0.1, 0.15) is 28.7 Å². The number of hydrogen-bond acceptors (Lipinski definition) is 4. The van der Waals surface area contributed by atoms with Crippen LogP contribution in [0.3, 0.4) is 0 Å². The van der Waals surface area contributed by atoms with Crippen molar-refractivity contribution in [3.05, 3.63) is 78.0 Å². The van der Waals surface area contributed by atoms with E-state index in [1.54, 1.807) is 0 Å². The zero-order valence-electron chi connectivity index (χ0n) is 14.3. The second kappa shape index (κ2) is 8.13. The van der Waals surface area contributed by atoms with Crippen LogP contribution in [0.25, 0.3) is 0 Å². The molecule has 2 aromatic carbocycles. The Morgan fingerprint density at radius 3 is 2.45 bits per heavy atom. The Kier molecular flexibility index (Phi) is 5.62. The standard InChI is InChI=1S/C19H11F5N2O3/c20-11-6-7-16(15(21)9-11)26-17(27)14-5-2-8-25-18(14)28-12-3-1-4-13(10-12)29-19(22,23)24/h1-10H,(H,26,27). The third-order valence-corrected chi connectivity index (χ3v) is 3.45. The number of nitrogens with one attached hydrogen (secondary N) is 1. The molecule has 1 amide bonds. The lowest BCUT2D eigenvalue weighted by Gasteiger charge is -2.12. The molecule has 0 saturated heterocycles. The van der Waals surface area contributed by atoms with E-state index < -0.39 is 29.7 Å². The van der Waals surface area contributed by atoms with Gasteiger partial charge in [0.2, 0.25) is 5.88 Å². The highest BCUT2D eigenvalue weighted by atomic mass is 19.4. The second-order valence-corrected chi connectivity index (χ2v) is 5.56. The summed E-state index contributed by atoms with van der Waals surface area (Å²) >= 11 is 0. The Morgan fingerprint density at radius 1 is 0.966 bits per heavy atom. The van der Waals surface area contributed by atoms with E-state index >= 15 is 0 Å². The summed E-state index contributed by atoms with van der Waals surface area (Å²) in [6.45, 7) is 0. The maximum absolute atomic E-state index is 13.7. The van der Waals surface area contributed by atoms with Crippen molar-refractivity contribution in [1.82, 2.24) is 4.98 Å². The Bertz CT molecular complexity index is 1040. The molecule has 10 heteroatoms. The highest BCUT2D eigenvalue weighted by molar-refractivity contribution is 6.05. The number of anilines is 1. The van der Waals surface area contributed by atoms with E-state index in [1.807, 2.05) is 0 Å². The molecule has 0 aliphatic rings. The van der Waals surface area contributed by atoms with E-state index in [-0.39, 0.29) is 22.9 Å². The third-order valence-electron chi connectivity index (χ3n) is 3.45. The number of halogens is 5. The number of ether oxygens (including phenoxy) is 2. The van der Waals surface area contributed by atoms with E-state index in [1.165, 1.54) is 30.5 Å². The number of carbonyl (C=O) groups excluding carboxylic acids is 1. The van der Waals surface area contributed by atoms with Gasteiger partial charge in [0, 0.05) is 18.3 Å². The van der Waals surface area contributed by atoms with Gasteiger partial charge in [0.05, 0.1) is 5.69 Å². The summed E-state index contributed by atoms with van der Waals surface area (Å²) in [4.78, 5) is 16.3. The topological polar surface area (TPSA) is 60.5 Å². The predicted octanol–water partition coefficient (Wildman–Crippen LogP) is 5.30. The zero-order valence-corrected chi connectivity index (χ0v) is 14.3. The third kappa shape index (κ3) is 5.41. The number of benzene rings is 2. The molecular weight excluding hydrogens is 399 g/mol. The molecule has 0 unspecified atom stereocenters. The first-order chi connectivity index (χ1) is 13.7. The number of alkyl halides is 3. The van der Waals surface area contributed by atoms with Crippen molar-refractivity contribution < 1.29 is 36.2 Å². The fraction of sp³-hybridized carbons (Fsp3) is 0.0526. The van der Waals surface area contributed by atoms with Gasteiger partial charge in [0.25, 0.3) is 5.91 Å². The predicted molar refractivity (Wildman–Crippen MR) is 91.7 cm³/mol. The maximum atomic E-state index is 13.7. The van der Waals surface area contributed by atoms with E-state index in [0.29, 0.717) is 6.07 Å². The van der Waals surface area contributed by atoms with E-state index in [9.17, 15) is 26.7 Å². The number of amides is 1. The van der Waals surface area contributed by atoms with Crippen LogP contribution in [0.4, 0.5) is 27.6 Å². The summed E-state index contributed by atoms with van der Waals surface area (Å²) in [6.07, 6.45) is -3.59. The monoisotopic (exact) mass is 410 g/mol. The molecule has 3 rings (SSSR count). The van der Waals surface area contributed by atoms with Crippen molar-refractivity contribution in [2.75, 3.05) is 5.32 Å². The molecule has 0 saturated carbocycles. The van der Waals surface area contributed by atoms with Crippen molar-refractivity contribution in [1.29, 1.82) is 0 Å². The van der Waals surface area contributed by atoms with Crippen LogP contribution in [0.5, 0.6) is 17.4 Å². The molecule has 0 aliphatic carbocycles. The van der Waals surface area contributed by atoms with Gasteiger partial charge >= 0.3 is 6.36 Å². The van der Waals surface area contributed by atoms with Crippen LogP contribution in [0.2, 0.25) is 0 Å². The average Bonchev–Trinajstić information content (AvgIpc) is 2.63. The number of carbonyl (C=O) groups is 1. The van der Waals surface area contributed by atoms with Crippen molar-refractivity contribution in [3.8, 4) is 17.4 Å². The molecule has 3 aromatic rings. The fourth-order valence-corrected chi connectivity index (χ4v) is 2.27. The largest absolute Gasteiger partial charge is 0.573 e.